The van der Waals surface area contributed by atoms with Crippen molar-refractivity contribution in [3.05, 3.63) is 72.0 Å². The highest BCUT2D eigenvalue weighted by atomic mass is 32.2. The van der Waals surface area contributed by atoms with Gasteiger partial charge in [0.15, 0.2) is 0 Å². The van der Waals surface area contributed by atoms with Crippen LogP contribution in [0.15, 0.2) is 74.9 Å². The number of hydrogen-bond donors (Lipinski definition) is 0. The second-order valence-corrected chi connectivity index (χ2v) is 7.15. The molecule has 3 heteroatoms. The van der Waals surface area contributed by atoms with Gasteiger partial charge in [0.05, 0.1) is 15.7 Å². The minimum absolute atomic E-state index is 0.718. The average Bonchev–Trinajstić information content (AvgIpc) is 2.91. The third-order valence-electron chi connectivity index (χ3n) is 4.12. The van der Waals surface area contributed by atoms with Crippen molar-refractivity contribution < 1.29 is 8.63 Å². The molecule has 23 heavy (non-hydrogen) atoms. The molecule has 2 nitrogen and oxygen atoms in total. The molecule has 0 aliphatic heterocycles. The first-order valence-corrected chi connectivity index (χ1v) is 8.69. The van der Waals surface area contributed by atoms with E-state index in [0.717, 1.165) is 42.9 Å². The van der Waals surface area contributed by atoms with Crippen LogP contribution in [0.1, 0.15) is 11.3 Å². The Bertz CT molecular complexity index is 1040. The zero-order valence-electron chi connectivity index (χ0n) is 13.0. The summed E-state index contributed by atoms with van der Waals surface area (Å²) in [4.78, 5) is 1.58. The molecule has 114 valence electrons. The van der Waals surface area contributed by atoms with Crippen molar-refractivity contribution >= 4 is 32.5 Å². The van der Waals surface area contributed by atoms with Gasteiger partial charge in [0.25, 0.3) is 0 Å². The Morgan fingerprint density at radius 2 is 1.61 bits per heavy atom. The molecule has 0 fully saturated rings. The fourth-order valence-electron chi connectivity index (χ4n) is 2.96. The molecule has 0 spiro atoms. The summed E-state index contributed by atoms with van der Waals surface area (Å²) in [6.45, 7) is 3.91. The first-order chi connectivity index (χ1) is 11.1. The maximum Gasteiger partial charge on any atom is 0.136 e. The fraction of sp³-hybridized carbons (Fsp3) is 0.100. The highest BCUT2D eigenvalue weighted by Crippen LogP contribution is 2.36. The largest absolute Gasteiger partial charge is 0.460 e. The lowest BCUT2D eigenvalue weighted by molar-refractivity contribution is 0.566. The molecule has 4 aromatic rings. The smallest absolute Gasteiger partial charge is 0.136 e. The Hall–Kier alpha value is -2.39. The normalized spacial score (nSPS) is 12.8. The summed E-state index contributed by atoms with van der Waals surface area (Å²) in [5, 5.41) is 3.17. The lowest BCUT2D eigenvalue weighted by Crippen LogP contribution is -1.94. The Kier molecular flexibility index (Phi) is 3.31. The number of hydrogen-bond acceptors (Lipinski definition) is 2. The van der Waals surface area contributed by atoms with Crippen molar-refractivity contribution in [2.45, 2.75) is 23.6 Å². The van der Waals surface area contributed by atoms with Gasteiger partial charge in [0.1, 0.15) is 11.3 Å². The van der Waals surface area contributed by atoms with E-state index in [0.29, 0.717) is 0 Å². The van der Waals surface area contributed by atoms with Crippen molar-refractivity contribution in [1.82, 2.24) is 0 Å². The molecule has 4 rings (SSSR count). The highest BCUT2D eigenvalue weighted by Gasteiger charge is 2.20. The van der Waals surface area contributed by atoms with E-state index in [2.05, 4.69) is 12.1 Å². The van der Waals surface area contributed by atoms with E-state index in [-0.39, 0.29) is 0 Å². The van der Waals surface area contributed by atoms with Crippen LogP contribution in [0.25, 0.3) is 21.7 Å². The molecular weight excluding hydrogens is 304 g/mol. The molecule has 0 aliphatic carbocycles. The minimum Gasteiger partial charge on any atom is -0.460 e. The lowest BCUT2D eigenvalue weighted by Gasteiger charge is -2.04. The minimum atomic E-state index is -1.26. The van der Waals surface area contributed by atoms with Crippen LogP contribution in [0.5, 0.6) is 0 Å². The molecular formula is C20H16O2S. The summed E-state index contributed by atoms with van der Waals surface area (Å²) in [7, 11) is -1.26. The summed E-state index contributed by atoms with van der Waals surface area (Å²) in [5.41, 5.74) is 1.95. The third-order valence-corrected chi connectivity index (χ3v) is 5.68. The summed E-state index contributed by atoms with van der Waals surface area (Å²) in [6, 6.07) is 20.0. The van der Waals surface area contributed by atoms with Gasteiger partial charge in [-0.05, 0) is 42.8 Å². The van der Waals surface area contributed by atoms with E-state index in [1.54, 1.807) is 0 Å². The molecule has 0 bridgehead atoms. The fourth-order valence-corrected chi connectivity index (χ4v) is 4.28. The molecule has 0 saturated heterocycles. The Morgan fingerprint density at radius 1 is 0.870 bits per heavy atom. The average molecular weight is 320 g/mol. The van der Waals surface area contributed by atoms with E-state index in [4.69, 9.17) is 4.42 Å². The van der Waals surface area contributed by atoms with Crippen LogP contribution in [0, 0.1) is 13.8 Å². The van der Waals surface area contributed by atoms with E-state index < -0.39 is 10.8 Å². The number of rotatable bonds is 2. The number of fused-ring (bicyclic) bond motifs is 3. The molecule has 0 radical (unpaired) electrons. The van der Waals surface area contributed by atoms with Gasteiger partial charge >= 0.3 is 0 Å². The van der Waals surface area contributed by atoms with E-state index in [9.17, 15) is 4.21 Å². The standard InChI is InChI=1S/C20H16O2S/c1-13-7-10-16(11-8-13)23(21)20-14(2)22-18-12-9-15-5-3-4-6-17(15)19(18)20/h3-12H,1-2H3/t23-/m0/s1. The molecule has 1 heterocycles. The lowest BCUT2D eigenvalue weighted by atomic mass is 10.1. The second kappa shape index (κ2) is 5.36. The zero-order chi connectivity index (χ0) is 16.0. The van der Waals surface area contributed by atoms with Crippen LogP contribution >= 0.6 is 0 Å². The monoisotopic (exact) mass is 320 g/mol. The van der Waals surface area contributed by atoms with Crippen molar-refractivity contribution in [1.29, 1.82) is 0 Å². The molecule has 0 unspecified atom stereocenters. The summed E-state index contributed by atoms with van der Waals surface area (Å²) in [6.07, 6.45) is 0. The zero-order valence-corrected chi connectivity index (χ0v) is 13.8. The van der Waals surface area contributed by atoms with Crippen LogP contribution in [-0.4, -0.2) is 4.21 Å². The summed E-state index contributed by atoms with van der Waals surface area (Å²) < 4.78 is 19.0. The van der Waals surface area contributed by atoms with Crippen molar-refractivity contribution in [2.75, 3.05) is 0 Å². The Balaban J connectivity index is 2.02. The van der Waals surface area contributed by atoms with Crippen molar-refractivity contribution in [3.63, 3.8) is 0 Å². The summed E-state index contributed by atoms with van der Waals surface area (Å²) in [5.74, 6) is 0.718. The van der Waals surface area contributed by atoms with Crippen LogP contribution in [0.4, 0.5) is 0 Å². The highest BCUT2D eigenvalue weighted by molar-refractivity contribution is 7.85. The molecule has 0 N–H and O–H groups in total. The predicted octanol–water partition coefficient (Wildman–Crippen LogP) is 5.37. The number of aryl methyl sites for hydroxylation is 2. The molecule has 0 saturated carbocycles. The SMILES string of the molecule is Cc1ccc([S@](=O)c2c(C)oc3ccc4ccccc4c23)cc1. The van der Waals surface area contributed by atoms with E-state index in [1.807, 2.05) is 62.4 Å². The number of furan rings is 1. The third kappa shape index (κ3) is 2.28. The van der Waals surface area contributed by atoms with Gasteiger partial charge in [-0.2, -0.15) is 0 Å². The second-order valence-electron chi connectivity index (χ2n) is 5.73. The van der Waals surface area contributed by atoms with Gasteiger partial charge < -0.3 is 4.42 Å². The molecule has 0 aliphatic rings. The molecule has 0 amide bonds. The van der Waals surface area contributed by atoms with E-state index in [1.165, 1.54) is 0 Å². The maximum atomic E-state index is 13.1. The molecule has 1 atom stereocenters. The van der Waals surface area contributed by atoms with Gasteiger partial charge in [-0.15, -0.1) is 0 Å². The van der Waals surface area contributed by atoms with Gasteiger partial charge in [0.2, 0.25) is 0 Å². The molecule has 3 aromatic carbocycles. The van der Waals surface area contributed by atoms with Crippen molar-refractivity contribution in [3.8, 4) is 0 Å². The first-order valence-electron chi connectivity index (χ1n) is 7.54. The Labute approximate surface area is 137 Å². The first kappa shape index (κ1) is 14.2. The van der Waals surface area contributed by atoms with Crippen molar-refractivity contribution in [2.24, 2.45) is 0 Å². The van der Waals surface area contributed by atoms with Gasteiger partial charge in [0, 0.05) is 10.3 Å². The van der Waals surface area contributed by atoms with Gasteiger partial charge in [-0.1, -0.05) is 48.0 Å². The van der Waals surface area contributed by atoms with Crippen LogP contribution in [-0.2, 0) is 10.8 Å². The number of benzene rings is 3. The van der Waals surface area contributed by atoms with Crippen LogP contribution < -0.4 is 0 Å². The molecule has 1 aromatic heterocycles. The predicted molar refractivity (Wildman–Crippen MR) is 94.3 cm³/mol. The van der Waals surface area contributed by atoms with E-state index >= 15 is 0 Å². The van der Waals surface area contributed by atoms with Gasteiger partial charge in [-0.3, -0.25) is 0 Å². The summed E-state index contributed by atoms with van der Waals surface area (Å²) >= 11 is 0. The van der Waals surface area contributed by atoms with Gasteiger partial charge in [-0.25, -0.2) is 4.21 Å². The van der Waals surface area contributed by atoms with Crippen LogP contribution in [0.2, 0.25) is 0 Å². The van der Waals surface area contributed by atoms with Crippen LogP contribution in [0.3, 0.4) is 0 Å². The Morgan fingerprint density at radius 3 is 2.39 bits per heavy atom. The topological polar surface area (TPSA) is 30.2 Å². The quantitative estimate of drug-likeness (QED) is 0.497. The maximum absolute atomic E-state index is 13.1.